The van der Waals surface area contributed by atoms with E-state index in [9.17, 15) is 0 Å². The molecule has 1 aliphatic rings. The molecule has 1 heterocycles. The molecule has 0 saturated heterocycles. The van der Waals surface area contributed by atoms with Crippen LogP contribution in [-0.2, 0) is 11.3 Å². The van der Waals surface area contributed by atoms with Crippen LogP contribution in [0, 0.1) is 5.92 Å². The summed E-state index contributed by atoms with van der Waals surface area (Å²) < 4.78 is 5.68. The number of hydrogen-bond donors (Lipinski definition) is 1. The van der Waals surface area contributed by atoms with Crippen molar-refractivity contribution < 1.29 is 4.74 Å². The van der Waals surface area contributed by atoms with E-state index >= 15 is 0 Å². The minimum atomic E-state index is 0.735. The van der Waals surface area contributed by atoms with E-state index in [1.807, 2.05) is 0 Å². The molecule has 0 radical (unpaired) electrons. The first kappa shape index (κ1) is 15.3. The monoisotopic (exact) mass is 295 g/mol. The number of thiophene rings is 1. The van der Waals surface area contributed by atoms with Gasteiger partial charge in [0.05, 0.1) is 13.2 Å². The van der Waals surface area contributed by atoms with Crippen LogP contribution in [0.25, 0.3) is 0 Å². The molecular formula is C15H25N3OS. The summed E-state index contributed by atoms with van der Waals surface area (Å²) in [6, 6.07) is 2.12. The highest BCUT2D eigenvalue weighted by molar-refractivity contribution is 7.07. The van der Waals surface area contributed by atoms with Crippen LogP contribution in [0.2, 0.25) is 0 Å². The molecule has 0 atom stereocenters. The third kappa shape index (κ3) is 5.51. The van der Waals surface area contributed by atoms with Crippen LogP contribution in [0.5, 0.6) is 0 Å². The van der Waals surface area contributed by atoms with Crippen molar-refractivity contribution in [3.63, 3.8) is 0 Å². The standard InChI is InChI=1S/C15H25N3OS/c1-3-16-15(17-10-14-6-9-20-12-14)18(2)7-8-19-11-13-4-5-13/h6,9,12-13H,3-5,7-8,10-11H2,1-2H3,(H,16,17). The minimum Gasteiger partial charge on any atom is -0.379 e. The molecule has 5 heteroatoms. The first-order chi connectivity index (χ1) is 9.79. The largest absolute Gasteiger partial charge is 0.379 e. The Morgan fingerprint density at radius 1 is 1.55 bits per heavy atom. The summed E-state index contributed by atoms with van der Waals surface area (Å²) in [6.45, 7) is 6.29. The van der Waals surface area contributed by atoms with Crippen molar-refractivity contribution in [3.8, 4) is 0 Å². The zero-order valence-electron chi connectivity index (χ0n) is 12.5. The number of ether oxygens (including phenoxy) is 1. The van der Waals surface area contributed by atoms with Crippen molar-refractivity contribution in [2.45, 2.75) is 26.3 Å². The van der Waals surface area contributed by atoms with Gasteiger partial charge in [0.25, 0.3) is 0 Å². The van der Waals surface area contributed by atoms with E-state index in [-0.39, 0.29) is 0 Å². The molecule has 1 saturated carbocycles. The zero-order valence-corrected chi connectivity index (χ0v) is 13.3. The van der Waals surface area contributed by atoms with Crippen LogP contribution in [0.15, 0.2) is 21.8 Å². The Morgan fingerprint density at radius 2 is 2.40 bits per heavy atom. The van der Waals surface area contributed by atoms with Gasteiger partial charge in [-0.1, -0.05) is 0 Å². The average molecular weight is 295 g/mol. The zero-order chi connectivity index (χ0) is 14.2. The fourth-order valence-corrected chi connectivity index (χ4v) is 2.52. The Hall–Kier alpha value is -1.07. The van der Waals surface area contributed by atoms with Crippen molar-refractivity contribution in [3.05, 3.63) is 22.4 Å². The third-order valence-corrected chi connectivity index (χ3v) is 4.04. The van der Waals surface area contributed by atoms with Crippen LogP contribution in [0.3, 0.4) is 0 Å². The number of hydrogen-bond acceptors (Lipinski definition) is 3. The van der Waals surface area contributed by atoms with Crippen LogP contribution < -0.4 is 5.32 Å². The molecule has 112 valence electrons. The van der Waals surface area contributed by atoms with Gasteiger partial charge < -0.3 is 15.0 Å². The molecule has 1 fully saturated rings. The van der Waals surface area contributed by atoms with Gasteiger partial charge in [-0.2, -0.15) is 11.3 Å². The van der Waals surface area contributed by atoms with Gasteiger partial charge in [0, 0.05) is 26.7 Å². The average Bonchev–Trinajstić information content (AvgIpc) is 3.13. The Labute approximate surface area is 125 Å². The summed E-state index contributed by atoms with van der Waals surface area (Å²) in [5.74, 6) is 1.79. The first-order valence-corrected chi connectivity index (χ1v) is 8.32. The maximum Gasteiger partial charge on any atom is 0.194 e. The molecule has 0 aliphatic heterocycles. The summed E-state index contributed by atoms with van der Waals surface area (Å²) in [6.07, 6.45) is 2.70. The Bertz CT molecular complexity index is 401. The lowest BCUT2D eigenvalue weighted by molar-refractivity contribution is 0.115. The van der Waals surface area contributed by atoms with E-state index in [4.69, 9.17) is 4.74 Å². The molecule has 0 bridgehead atoms. The van der Waals surface area contributed by atoms with Crippen molar-refractivity contribution in [1.29, 1.82) is 0 Å². The van der Waals surface area contributed by atoms with Crippen LogP contribution >= 0.6 is 11.3 Å². The molecule has 1 aliphatic carbocycles. The van der Waals surface area contributed by atoms with E-state index in [1.165, 1.54) is 18.4 Å². The van der Waals surface area contributed by atoms with E-state index in [1.54, 1.807) is 11.3 Å². The summed E-state index contributed by atoms with van der Waals surface area (Å²) in [5.41, 5.74) is 1.27. The molecule has 2 rings (SSSR count). The molecule has 1 aromatic heterocycles. The third-order valence-electron chi connectivity index (χ3n) is 3.31. The van der Waals surface area contributed by atoms with Crippen molar-refractivity contribution in [1.82, 2.24) is 10.2 Å². The molecule has 4 nitrogen and oxygen atoms in total. The normalized spacial score (nSPS) is 15.4. The maximum atomic E-state index is 5.68. The first-order valence-electron chi connectivity index (χ1n) is 7.38. The van der Waals surface area contributed by atoms with Gasteiger partial charge in [-0.3, -0.25) is 0 Å². The van der Waals surface area contributed by atoms with Gasteiger partial charge in [0.15, 0.2) is 5.96 Å². The molecule has 0 amide bonds. The van der Waals surface area contributed by atoms with Gasteiger partial charge in [0.2, 0.25) is 0 Å². The molecule has 20 heavy (non-hydrogen) atoms. The highest BCUT2D eigenvalue weighted by Crippen LogP contribution is 2.28. The number of guanidine groups is 1. The highest BCUT2D eigenvalue weighted by Gasteiger charge is 2.21. The number of likely N-dealkylation sites (N-methyl/N-ethyl adjacent to an activating group) is 1. The van der Waals surface area contributed by atoms with Crippen LogP contribution in [0.4, 0.5) is 0 Å². The lowest BCUT2D eigenvalue weighted by Gasteiger charge is -2.22. The summed E-state index contributed by atoms with van der Waals surface area (Å²) in [5, 5.41) is 7.57. The Kier molecular flexibility index (Phi) is 6.33. The smallest absolute Gasteiger partial charge is 0.194 e. The molecule has 1 N–H and O–H groups in total. The second-order valence-electron chi connectivity index (χ2n) is 5.24. The summed E-state index contributed by atoms with van der Waals surface area (Å²) in [7, 11) is 2.07. The van der Waals surface area contributed by atoms with Gasteiger partial charge >= 0.3 is 0 Å². The second kappa shape index (κ2) is 8.27. The molecule has 0 aromatic carbocycles. The molecule has 1 aromatic rings. The van der Waals surface area contributed by atoms with Gasteiger partial charge in [-0.25, -0.2) is 4.99 Å². The van der Waals surface area contributed by atoms with Crippen molar-refractivity contribution >= 4 is 17.3 Å². The van der Waals surface area contributed by atoms with E-state index in [0.717, 1.165) is 44.7 Å². The number of aliphatic imine (C=N–C) groups is 1. The SMILES string of the molecule is CCNC(=NCc1ccsc1)N(C)CCOCC1CC1. The van der Waals surface area contributed by atoms with Crippen LogP contribution in [-0.4, -0.2) is 44.2 Å². The van der Waals surface area contributed by atoms with E-state index in [0.29, 0.717) is 0 Å². The van der Waals surface area contributed by atoms with Gasteiger partial charge in [0.1, 0.15) is 0 Å². The van der Waals surface area contributed by atoms with Crippen molar-refractivity contribution in [2.75, 3.05) is 33.4 Å². The Balaban J connectivity index is 1.74. The number of nitrogens with zero attached hydrogens (tertiary/aromatic N) is 2. The lowest BCUT2D eigenvalue weighted by atomic mass is 10.3. The van der Waals surface area contributed by atoms with Crippen LogP contribution in [0.1, 0.15) is 25.3 Å². The lowest BCUT2D eigenvalue weighted by Crippen LogP contribution is -2.40. The molecule has 0 unspecified atom stereocenters. The fraction of sp³-hybridized carbons (Fsp3) is 0.667. The van der Waals surface area contributed by atoms with E-state index in [2.05, 4.69) is 46.0 Å². The van der Waals surface area contributed by atoms with E-state index < -0.39 is 0 Å². The minimum absolute atomic E-state index is 0.735. The van der Waals surface area contributed by atoms with Crippen molar-refractivity contribution in [2.24, 2.45) is 10.9 Å². The highest BCUT2D eigenvalue weighted by atomic mass is 32.1. The maximum absolute atomic E-state index is 5.68. The topological polar surface area (TPSA) is 36.9 Å². The Morgan fingerprint density at radius 3 is 3.05 bits per heavy atom. The number of rotatable bonds is 8. The molecular weight excluding hydrogens is 270 g/mol. The second-order valence-corrected chi connectivity index (χ2v) is 6.02. The summed E-state index contributed by atoms with van der Waals surface area (Å²) in [4.78, 5) is 6.81. The number of nitrogens with one attached hydrogen (secondary N) is 1. The predicted molar refractivity (Wildman–Crippen MR) is 85.3 cm³/mol. The quantitative estimate of drug-likeness (QED) is 0.455. The van der Waals surface area contributed by atoms with Gasteiger partial charge in [-0.05, 0) is 48.1 Å². The molecule has 0 spiro atoms. The fourth-order valence-electron chi connectivity index (χ4n) is 1.86. The predicted octanol–water partition coefficient (Wildman–Crippen LogP) is 2.57. The summed E-state index contributed by atoms with van der Waals surface area (Å²) >= 11 is 1.72. The van der Waals surface area contributed by atoms with Gasteiger partial charge in [-0.15, -0.1) is 0 Å².